The normalized spacial score (nSPS) is 10.8. The second kappa shape index (κ2) is 4.59. The van der Waals surface area contributed by atoms with E-state index in [0.717, 1.165) is 27.2 Å². The fourth-order valence-corrected chi connectivity index (χ4v) is 2.78. The number of thiophene rings is 1. The molecular formula is C14H10ClNOS. The first-order valence-corrected chi connectivity index (χ1v) is 6.72. The van der Waals surface area contributed by atoms with E-state index in [2.05, 4.69) is 4.98 Å². The Morgan fingerprint density at radius 1 is 1.22 bits per heavy atom. The Hall–Kier alpha value is -1.58. The van der Waals surface area contributed by atoms with Gasteiger partial charge in [-0.2, -0.15) is 0 Å². The molecule has 3 rings (SSSR count). The quantitative estimate of drug-likeness (QED) is 0.680. The van der Waals surface area contributed by atoms with E-state index in [4.69, 9.17) is 16.3 Å². The van der Waals surface area contributed by atoms with Gasteiger partial charge in [0, 0.05) is 5.39 Å². The van der Waals surface area contributed by atoms with Crippen molar-refractivity contribution in [3.63, 3.8) is 0 Å². The first-order valence-electron chi connectivity index (χ1n) is 5.46. The molecule has 3 aromatic rings. The number of aromatic nitrogens is 1. The van der Waals surface area contributed by atoms with Crippen LogP contribution in [0.25, 0.3) is 21.5 Å². The van der Waals surface area contributed by atoms with E-state index in [1.807, 2.05) is 41.8 Å². The minimum atomic E-state index is 0.697. The van der Waals surface area contributed by atoms with Gasteiger partial charge in [-0.3, -0.25) is 0 Å². The molecule has 0 unspecified atom stereocenters. The summed E-state index contributed by atoms with van der Waals surface area (Å²) < 4.78 is 5.20. The molecule has 0 radical (unpaired) electrons. The van der Waals surface area contributed by atoms with E-state index in [0.29, 0.717) is 5.02 Å². The molecule has 0 fully saturated rings. The summed E-state index contributed by atoms with van der Waals surface area (Å²) in [4.78, 5) is 5.74. The van der Waals surface area contributed by atoms with Gasteiger partial charge >= 0.3 is 0 Å². The molecule has 4 heteroatoms. The van der Waals surface area contributed by atoms with Crippen molar-refractivity contribution in [3.05, 3.63) is 46.8 Å². The zero-order valence-corrected chi connectivity index (χ0v) is 11.3. The lowest BCUT2D eigenvalue weighted by Crippen LogP contribution is -1.87. The molecule has 0 aliphatic carbocycles. The van der Waals surface area contributed by atoms with Crippen molar-refractivity contribution >= 4 is 33.8 Å². The summed E-state index contributed by atoms with van der Waals surface area (Å²) in [7, 11) is 1.64. The molecule has 18 heavy (non-hydrogen) atoms. The number of rotatable bonds is 2. The number of fused-ring (bicyclic) bond motifs is 1. The Bertz CT molecular complexity index is 694. The van der Waals surface area contributed by atoms with E-state index >= 15 is 0 Å². The number of hydrogen-bond donors (Lipinski definition) is 0. The molecule has 0 saturated heterocycles. The van der Waals surface area contributed by atoms with E-state index < -0.39 is 0 Å². The Labute approximate surface area is 114 Å². The van der Waals surface area contributed by atoms with Gasteiger partial charge in [0.05, 0.1) is 28.2 Å². The van der Waals surface area contributed by atoms with Crippen LogP contribution in [-0.4, -0.2) is 12.1 Å². The molecule has 0 aliphatic rings. The summed E-state index contributed by atoms with van der Waals surface area (Å²) in [6.07, 6.45) is 0. The van der Waals surface area contributed by atoms with Crippen LogP contribution in [0.2, 0.25) is 5.02 Å². The lowest BCUT2D eigenvalue weighted by Gasteiger charge is -2.06. The van der Waals surface area contributed by atoms with Gasteiger partial charge in [-0.1, -0.05) is 17.7 Å². The molecular weight excluding hydrogens is 266 g/mol. The summed E-state index contributed by atoms with van der Waals surface area (Å²) in [5.74, 6) is 0.787. The van der Waals surface area contributed by atoms with Crippen LogP contribution in [0.5, 0.6) is 5.75 Å². The van der Waals surface area contributed by atoms with Crippen molar-refractivity contribution in [1.29, 1.82) is 0 Å². The minimum Gasteiger partial charge on any atom is -0.497 e. The second-order valence-corrected chi connectivity index (χ2v) is 5.20. The van der Waals surface area contributed by atoms with Gasteiger partial charge in [0.25, 0.3) is 0 Å². The van der Waals surface area contributed by atoms with Crippen molar-refractivity contribution in [2.75, 3.05) is 7.11 Å². The first-order chi connectivity index (χ1) is 8.78. The van der Waals surface area contributed by atoms with Crippen LogP contribution in [0.3, 0.4) is 0 Å². The van der Waals surface area contributed by atoms with Gasteiger partial charge in [0.1, 0.15) is 5.75 Å². The van der Waals surface area contributed by atoms with Crippen LogP contribution in [0.4, 0.5) is 0 Å². The predicted octanol–water partition coefficient (Wildman–Crippen LogP) is 4.63. The summed E-state index contributed by atoms with van der Waals surface area (Å²) in [5, 5.41) is 3.64. The average molecular weight is 276 g/mol. The van der Waals surface area contributed by atoms with Crippen molar-refractivity contribution < 1.29 is 4.74 Å². The number of methoxy groups -OCH3 is 1. The fourth-order valence-electron chi connectivity index (χ4n) is 1.84. The smallest absolute Gasteiger partial charge is 0.119 e. The van der Waals surface area contributed by atoms with Gasteiger partial charge in [-0.15, -0.1) is 11.3 Å². The van der Waals surface area contributed by atoms with Gasteiger partial charge < -0.3 is 4.74 Å². The highest BCUT2D eigenvalue weighted by atomic mass is 35.5. The molecule has 0 amide bonds. The molecule has 2 nitrogen and oxygen atoms in total. The highest BCUT2D eigenvalue weighted by molar-refractivity contribution is 7.13. The van der Waals surface area contributed by atoms with E-state index in [1.165, 1.54) is 0 Å². The van der Waals surface area contributed by atoms with Crippen LogP contribution in [0.1, 0.15) is 0 Å². The molecule has 0 bridgehead atoms. The zero-order chi connectivity index (χ0) is 12.5. The molecule has 0 saturated carbocycles. The number of hydrogen-bond acceptors (Lipinski definition) is 3. The highest BCUT2D eigenvalue weighted by Gasteiger charge is 2.07. The largest absolute Gasteiger partial charge is 0.497 e. The van der Waals surface area contributed by atoms with Crippen LogP contribution in [-0.2, 0) is 0 Å². The Balaban J connectivity index is 2.22. The van der Waals surface area contributed by atoms with Crippen LogP contribution in [0, 0.1) is 0 Å². The summed E-state index contributed by atoms with van der Waals surface area (Å²) in [6, 6.07) is 11.7. The summed E-state index contributed by atoms with van der Waals surface area (Å²) >= 11 is 7.97. The van der Waals surface area contributed by atoms with Crippen LogP contribution in [0.15, 0.2) is 41.8 Å². The molecule has 0 atom stereocenters. The molecule has 0 aliphatic heterocycles. The Morgan fingerprint density at radius 3 is 2.83 bits per heavy atom. The molecule has 90 valence electrons. The monoisotopic (exact) mass is 275 g/mol. The summed E-state index contributed by atoms with van der Waals surface area (Å²) in [6.45, 7) is 0. The lowest BCUT2D eigenvalue weighted by atomic mass is 10.2. The maximum atomic E-state index is 6.32. The molecule has 0 N–H and O–H groups in total. The molecule has 2 heterocycles. The maximum absolute atomic E-state index is 6.32. The van der Waals surface area contributed by atoms with Crippen LogP contribution >= 0.6 is 22.9 Å². The molecule has 0 spiro atoms. The number of halogens is 1. The van der Waals surface area contributed by atoms with E-state index in [9.17, 15) is 0 Å². The lowest BCUT2D eigenvalue weighted by molar-refractivity contribution is 0.415. The number of nitrogens with zero attached hydrogens (tertiary/aromatic N) is 1. The third-order valence-electron chi connectivity index (χ3n) is 2.74. The van der Waals surface area contributed by atoms with E-state index in [-0.39, 0.29) is 0 Å². The molecule has 1 aromatic carbocycles. The van der Waals surface area contributed by atoms with Gasteiger partial charge in [0.2, 0.25) is 0 Å². The number of benzene rings is 1. The Morgan fingerprint density at radius 2 is 2.11 bits per heavy atom. The standard InChI is InChI=1S/C14H10ClNOS/c1-17-9-4-5-12-10(7-9)11(15)8-13(16-12)14-3-2-6-18-14/h2-8H,1H3. The number of pyridine rings is 1. The van der Waals surface area contributed by atoms with Gasteiger partial charge in [0.15, 0.2) is 0 Å². The van der Waals surface area contributed by atoms with Gasteiger partial charge in [-0.05, 0) is 35.7 Å². The maximum Gasteiger partial charge on any atom is 0.119 e. The third kappa shape index (κ3) is 1.96. The summed E-state index contributed by atoms with van der Waals surface area (Å²) in [5.41, 5.74) is 1.79. The van der Waals surface area contributed by atoms with Crippen molar-refractivity contribution in [3.8, 4) is 16.3 Å². The minimum absolute atomic E-state index is 0.697. The zero-order valence-electron chi connectivity index (χ0n) is 9.68. The topological polar surface area (TPSA) is 22.1 Å². The average Bonchev–Trinajstić information content (AvgIpc) is 2.92. The number of ether oxygens (including phenoxy) is 1. The van der Waals surface area contributed by atoms with Crippen molar-refractivity contribution in [2.24, 2.45) is 0 Å². The van der Waals surface area contributed by atoms with E-state index in [1.54, 1.807) is 18.4 Å². The van der Waals surface area contributed by atoms with Crippen molar-refractivity contribution in [1.82, 2.24) is 4.98 Å². The fraction of sp³-hybridized carbons (Fsp3) is 0.0714. The first kappa shape index (κ1) is 11.5. The van der Waals surface area contributed by atoms with Crippen molar-refractivity contribution in [2.45, 2.75) is 0 Å². The molecule has 2 aromatic heterocycles. The van der Waals surface area contributed by atoms with Gasteiger partial charge in [-0.25, -0.2) is 4.98 Å². The highest BCUT2D eigenvalue weighted by Crippen LogP contribution is 2.31. The predicted molar refractivity (Wildman–Crippen MR) is 76.6 cm³/mol. The third-order valence-corrected chi connectivity index (χ3v) is 3.94. The second-order valence-electron chi connectivity index (χ2n) is 3.85. The SMILES string of the molecule is COc1ccc2nc(-c3cccs3)cc(Cl)c2c1. The van der Waals surface area contributed by atoms with Crippen LogP contribution < -0.4 is 4.74 Å². The Kier molecular flexibility index (Phi) is 2.94.